The first-order chi connectivity index (χ1) is 11.1. The first kappa shape index (κ1) is 15.6. The molecule has 23 heavy (non-hydrogen) atoms. The highest BCUT2D eigenvalue weighted by atomic mass is 35.5. The number of fused-ring (bicyclic) bond motifs is 1. The van der Waals surface area contributed by atoms with Crippen molar-refractivity contribution in [1.82, 2.24) is 0 Å². The van der Waals surface area contributed by atoms with Gasteiger partial charge in [-0.05, 0) is 36.8 Å². The second-order valence-corrected chi connectivity index (χ2v) is 5.72. The van der Waals surface area contributed by atoms with E-state index in [1.165, 1.54) is 17.0 Å². The largest absolute Gasteiger partial charge is 0.486 e. The zero-order valence-corrected chi connectivity index (χ0v) is 13.3. The molecule has 4 nitrogen and oxygen atoms in total. The van der Waals surface area contributed by atoms with E-state index in [2.05, 4.69) is 5.32 Å². The van der Waals surface area contributed by atoms with Crippen LogP contribution in [-0.2, 0) is 0 Å². The maximum absolute atomic E-state index is 13.7. The van der Waals surface area contributed by atoms with Crippen LogP contribution in [0.1, 0.15) is 13.3 Å². The summed E-state index contributed by atoms with van der Waals surface area (Å²) in [7, 11) is 0. The Morgan fingerprint density at radius 1 is 1.39 bits per heavy atom. The van der Waals surface area contributed by atoms with E-state index in [1.54, 1.807) is 30.3 Å². The average Bonchev–Trinajstić information content (AvgIpc) is 2.56. The molecule has 0 spiro atoms. The SMILES string of the molecule is CC[C@@H]1CN(C(=O)Nc2ccccc2F)c2cc(Cl)ccc2O1. The fraction of sp³-hybridized carbons (Fsp3) is 0.235. The van der Waals surface area contributed by atoms with Crippen molar-refractivity contribution in [3.8, 4) is 5.75 Å². The molecule has 2 aromatic rings. The van der Waals surface area contributed by atoms with Crippen molar-refractivity contribution in [2.45, 2.75) is 19.4 Å². The van der Waals surface area contributed by atoms with E-state index in [0.29, 0.717) is 23.0 Å². The van der Waals surface area contributed by atoms with Crippen LogP contribution in [0.3, 0.4) is 0 Å². The van der Waals surface area contributed by atoms with Crippen molar-refractivity contribution in [3.05, 3.63) is 53.3 Å². The van der Waals surface area contributed by atoms with Gasteiger partial charge in [-0.3, -0.25) is 4.90 Å². The topological polar surface area (TPSA) is 41.6 Å². The highest BCUT2D eigenvalue weighted by molar-refractivity contribution is 6.31. The second-order valence-electron chi connectivity index (χ2n) is 5.28. The van der Waals surface area contributed by atoms with Gasteiger partial charge in [0.05, 0.1) is 17.9 Å². The van der Waals surface area contributed by atoms with Crippen LogP contribution in [0, 0.1) is 5.82 Å². The number of para-hydroxylation sites is 1. The van der Waals surface area contributed by atoms with E-state index in [4.69, 9.17) is 16.3 Å². The number of nitrogens with one attached hydrogen (secondary N) is 1. The summed E-state index contributed by atoms with van der Waals surface area (Å²) in [5, 5.41) is 3.10. The van der Waals surface area contributed by atoms with Gasteiger partial charge in [0.15, 0.2) is 0 Å². The predicted octanol–water partition coefficient (Wildman–Crippen LogP) is 4.69. The third kappa shape index (κ3) is 3.24. The number of urea groups is 1. The molecule has 1 heterocycles. The fourth-order valence-corrected chi connectivity index (χ4v) is 2.64. The summed E-state index contributed by atoms with van der Waals surface area (Å²) in [6.07, 6.45) is 0.640. The monoisotopic (exact) mass is 334 g/mol. The Labute approximate surface area is 138 Å². The molecule has 0 aliphatic carbocycles. The van der Waals surface area contributed by atoms with Gasteiger partial charge in [-0.1, -0.05) is 30.7 Å². The zero-order valence-electron chi connectivity index (χ0n) is 12.6. The Kier molecular flexibility index (Phi) is 4.39. The van der Waals surface area contributed by atoms with Crippen LogP contribution in [0.15, 0.2) is 42.5 Å². The highest BCUT2D eigenvalue weighted by Gasteiger charge is 2.29. The molecule has 1 atom stereocenters. The number of carbonyl (C=O) groups excluding carboxylic acids is 1. The lowest BCUT2D eigenvalue weighted by molar-refractivity contribution is 0.188. The molecular formula is C17H16ClFN2O2. The van der Waals surface area contributed by atoms with Gasteiger partial charge in [0.25, 0.3) is 0 Å². The van der Waals surface area contributed by atoms with E-state index in [0.717, 1.165) is 6.42 Å². The van der Waals surface area contributed by atoms with Gasteiger partial charge in [-0.2, -0.15) is 0 Å². The molecule has 6 heteroatoms. The number of amides is 2. The summed E-state index contributed by atoms with van der Waals surface area (Å²) >= 11 is 6.03. The number of rotatable bonds is 2. The Morgan fingerprint density at radius 3 is 2.91 bits per heavy atom. The number of nitrogens with zero attached hydrogens (tertiary/aromatic N) is 1. The maximum atomic E-state index is 13.7. The number of benzene rings is 2. The fourth-order valence-electron chi connectivity index (χ4n) is 2.47. The summed E-state index contributed by atoms with van der Waals surface area (Å²) in [4.78, 5) is 14.1. The summed E-state index contributed by atoms with van der Waals surface area (Å²) in [6.45, 7) is 2.36. The standard InChI is InChI=1S/C17H16ClFN2O2/c1-2-12-10-21(15-9-11(18)7-8-16(15)23-12)17(22)20-14-6-4-3-5-13(14)19/h3-9,12H,2,10H2,1H3,(H,20,22)/t12-/m1/s1. The minimum Gasteiger partial charge on any atom is -0.486 e. The zero-order chi connectivity index (χ0) is 16.4. The van der Waals surface area contributed by atoms with Crippen LogP contribution < -0.4 is 15.0 Å². The van der Waals surface area contributed by atoms with Gasteiger partial charge in [-0.25, -0.2) is 9.18 Å². The molecule has 3 rings (SSSR count). The summed E-state index contributed by atoms with van der Waals surface area (Å²) in [5.41, 5.74) is 0.719. The van der Waals surface area contributed by atoms with Crippen molar-refractivity contribution in [1.29, 1.82) is 0 Å². The average molecular weight is 335 g/mol. The lowest BCUT2D eigenvalue weighted by Crippen LogP contribution is -2.45. The molecule has 2 amide bonds. The molecule has 0 bridgehead atoms. The highest BCUT2D eigenvalue weighted by Crippen LogP contribution is 2.36. The number of ether oxygens (including phenoxy) is 1. The molecule has 120 valence electrons. The smallest absolute Gasteiger partial charge is 0.326 e. The summed E-state index contributed by atoms with van der Waals surface area (Å²) in [5.74, 6) is 0.114. The molecule has 0 fully saturated rings. The molecular weight excluding hydrogens is 319 g/mol. The van der Waals surface area contributed by atoms with E-state index in [-0.39, 0.29) is 11.8 Å². The Bertz CT molecular complexity index is 738. The van der Waals surface area contributed by atoms with Gasteiger partial charge < -0.3 is 10.1 Å². The number of hydrogen-bond acceptors (Lipinski definition) is 2. The van der Waals surface area contributed by atoms with Crippen molar-refractivity contribution < 1.29 is 13.9 Å². The Morgan fingerprint density at radius 2 is 2.17 bits per heavy atom. The summed E-state index contributed by atoms with van der Waals surface area (Å²) in [6, 6.07) is 10.8. The molecule has 1 aliphatic rings. The second kappa shape index (κ2) is 6.46. The third-order valence-electron chi connectivity index (χ3n) is 3.71. The third-order valence-corrected chi connectivity index (χ3v) is 3.94. The lowest BCUT2D eigenvalue weighted by Gasteiger charge is -2.34. The van der Waals surface area contributed by atoms with Crippen LogP contribution in [0.2, 0.25) is 5.02 Å². The molecule has 0 radical (unpaired) electrons. The van der Waals surface area contributed by atoms with Gasteiger partial charge in [0.1, 0.15) is 17.7 Å². The number of hydrogen-bond donors (Lipinski definition) is 1. The van der Waals surface area contributed by atoms with Gasteiger partial charge >= 0.3 is 6.03 Å². The van der Waals surface area contributed by atoms with Crippen molar-refractivity contribution in [3.63, 3.8) is 0 Å². The molecule has 0 saturated carbocycles. The quantitative estimate of drug-likeness (QED) is 0.865. The van der Waals surface area contributed by atoms with Crippen molar-refractivity contribution in [2.24, 2.45) is 0 Å². The van der Waals surface area contributed by atoms with Gasteiger partial charge in [0.2, 0.25) is 0 Å². The van der Waals surface area contributed by atoms with Crippen molar-refractivity contribution in [2.75, 3.05) is 16.8 Å². The van der Waals surface area contributed by atoms with Gasteiger partial charge in [0, 0.05) is 5.02 Å². The molecule has 1 aliphatic heterocycles. The van der Waals surface area contributed by atoms with E-state index in [9.17, 15) is 9.18 Å². The van der Waals surface area contributed by atoms with E-state index < -0.39 is 11.8 Å². The first-order valence-corrected chi connectivity index (χ1v) is 7.75. The van der Waals surface area contributed by atoms with Crippen LogP contribution in [0.25, 0.3) is 0 Å². The first-order valence-electron chi connectivity index (χ1n) is 7.37. The van der Waals surface area contributed by atoms with E-state index in [1.807, 2.05) is 6.92 Å². The van der Waals surface area contributed by atoms with Gasteiger partial charge in [-0.15, -0.1) is 0 Å². The molecule has 2 aromatic carbocycles. The van der Waals surface area contributed by atoms with E-state index >= 15 is 0 Å². The summed E-state index contributed by atoms with van der Waals surface area (Å²) < 4.78 is 19.6. The minimum atomic E-state index is -0.479. The molecule has 0 unspecified atom stereocenters. The van der Waals surface area contributed by atoms with Crippen LogP contribution >= 0.6 is 11.6 Å². The Balaban J connectivity index is 1.90. The minimum absolute atomic E-state index is 0.116. The predicted molar refractivity (Wildman–Crippen MR) is 88.9 cm³/mol. The molecule has 1 N–H and O–H groups in total. The van der Waals surface area contributed by atoms with Crippen LogP contribution in [-0.4, -0.2) is 18.7 Å². The Hall–Kier alpha value is -2.27. The molecule has 0 aromatic heterocycles. The van der Waals surface area contributed by atoms with Crippen LogP contribution in [0.4, 0.5) is 20.6 Å². The molecule has 0 saturated heterocycles. The normalized spacial score (nSPS) is 16.5. The maximum Gasteiger partial charge on any atom is 0.326 e. The number of carbonyl (C=O) groups is 1. The lowest BCUT2D eigenvalue weighted by atomic mass is 10.1. The number of halogens is 2. The number of anilines is 2. The van der Waals surface area contributed by atoms with Crippen LogP contribution in [0.5, 0.6) is 5.75 Å². The van der Waals surface area contributed by atoms with Crippen molar-refractivity contribution >= 4 is 29.0 Å².